The summed E-state index contributed by atoms with van der Waals surface area (Å²) >= 11 is 9.37. The molecule has 0 fully saturated rings. The summed E-state index contributed by atoms with van der Waals surface area (Å²) in [5, 5.41) is 4.18. The molecule has 1 atom stereocenters. The maximum Gasteiger partial charge on any atom is 0.0490 e. The zero-order valence-electron chi connectivity index (χ0n) is 9.95. The fourth-order valence-corrected chi connectivity index (χ4v) is 2.35. The fourth-order valence-electron chi connectivity index (χ4n) is 1.72. The van der Waals surface area contributed by atoms with Crippen LogP contribution in [-0.2, 0) is 0 Å². The van der Waals surface area contributed by atoms with Crippen molar-refractivity contribution in [2.24, 2.45) is 0 Å². The van der Waals surface area contributed by atoms with Crippen LogP contribution in [0.15, 0.2) is 46.9 Å². The lowest BCUT2D eigenvalue weighted by molar-refractivity contribution is 0.884. The second kappa shape index (κ2) is 5.63. The summed E-state index contributed by atoms with van der Waals surface area (Å²) in [5.41, 5.74) is 8.66. The van der Waals surface area contributed by atoms with E-state index in [1.54, 1.807) is 0 Å². The Labute approximate surface area is 120 Å². The number of nitrogens with one attached hydrogen (secondary N) is 1. The summed E-state index contributed by atoms with van der Waals surface area (Å²) in [4.78, 5) is 0. The monoisotopic (exact) mass is 324 g/mol. The lowest BCUT2D eigenvalue weighted by Gasteiger charge is -2.17. The third kappa shape index (κ3) is 3.18. The van der Waals surface area contributed by atoms with Gasteiger partial charge in [-0.3, -0.25) is 0 Å². The summed E-state index contributed by atoms with van der Waals surface area (Å²) in [6, 6.07) is 13.8. The summed E-state index contributed by atoms with van der Waals surface area (Å²) in [6.07, 6.45) is 0. The third-order valence-electron chi connectivity index (χ3n) is 2.74. The van der Waals surface area contributed by atoms with Crippen LogP contribution in [0.1, 0.15) is 18.5 Å². The van der Waals surface area contributed by atoms with E-state index in [1.165, 1.54) is 5.56 Å². The lowest BCUT2D eigenvalue weighted by atomic mass is 10.1. The first kappa shape index (κ1) is 13.2. The van der Waals surface area contributed by atoms with Crippen LogP contribution in [0.3, 0.4) is 0 Å². The molecule has 0 aromatic heterocycles. The van der Waals surface area contributed by atoms with Crippen LogP contribution in [-0.4, -0.2) is 0 Å². The van der Waals surface area contributed by atoms with Gasteiger partial charge >= 0.3 is 0 Å². The molecule has 0 spiro atoms. The van der Waals surface area contributed by atoms with Crippen molar-refractivity contribution >= 4 is 38.9 Å². The molecule has 4 heteroatoms. The van der Waals surface area contributed by atoms with Gasteiger partial charge in [0, 0.05) is 26.9 Å². The maximum atomic E-state index is 5.88. The molecule has 0 amide bonds. The molecule has 0 aliphatic heterocycles. The Morgan fingerprint density at radius 1 is 1.17 bits per heavy atom. The van der Waals surface area contributed by atoms with E-state index in [2.05, 4.69) is 28.2 Å². The highest BCUT2D eigenvalue weighted by molar-refractivity contribution is 9.10. The van der Waals surface area contributed by atoms with Gasteiger partial charge in [-0.2, -0.15) is 0 Å². The Morgan fingerprint density at radius 3 is 2.44 bits per heavy atom. The zero-order chi connectivity index (χ0) is 13.1. The number of rotatable bonds is 3. The summed E-state index contributed by atoms with van der Waals surface area (Å²) in [7, 11) is 0. The predicted octanol–water partition coefficient (Wildman–Crippen LogP) is 4.86. The number of benzene rings is 2. The van der Waals surface area contributed by atoms with Crippen LogP contribution in [0, 0.1) is 0 Å². The standard InChI is InChI=1S/C14H14BrClN2/c1-9(10-2-4-11(16)5-3-10)18-14-7-6-12(17)8-13(14)15/h2-9,18H,17H2,1H3. The highest BCUT2D eigenvalue weighted by Crippen LogP contribution is 2.28. The quantitative estimate of drug-likeness (QED) is 0.791. The van der Waals surface area contributed by atoms with Gasteiger partial charge in [0.1, 0.15) is 0 Å². The van der Waals surface area contributed by atoms with Crippen LogP contribution in [0.2, 0.25) is 5.02 Å². The average molecular weight is 326 g/mol. The van der Waals surface area contributed by atoms with Crippen LogP contribution < -0.4 is 11.1 Å². The van der Waals surface area contributed by atoms with Crippen molar-refractivity contribution in [3.05, 3.63) is 57.5 Å². The van der Waals surface area contributed by atoms with E-state index in [0.29, 0.717) is 0 Å². The molecule has 0 saturated heterocycles. The smallest absolute Gasteiger partial charge is 0.0490 e. The number of nitrogens with two attached hydrogens (primary N) is 1. The fraction of sp³-hybridized carbons (Fsp3) is 0.143. The topological polar surface area (TPSA) is 38.0 Å². The van der Waals surface area contributed by atoms with E-state index < -0.39 is 0 Å². The highest BCUT2D eigenvalue weighted by atomic mass is 79.9. The Hall–Kier alpha value is -1.19. The van der Waals surface area contributed by atoms with Crippen molar-refractivity contribution in [2.45, 2.75) is 13.0 Å². The van der Waals surface area contributed by atoms with E-state index in [9.17, 15) is 0 Å². The van der Waals surface area contributed by atoms with E-state index in [0.717, 1.165) is 20.9 Å². The molecule has 2 aromatic carbocycles. The van der Waals surface area contributed by atoms with Gasteiger partial charge in [0.2, 0.25) is 0 Å². The molecule has 0 aliphatic carbocycles. The minimum absolute atomic E-state index is 0.196. The van der Waals surface area contributed by atoms with Crippen LogP contribution in [0.25, 0.3) is 0 Å². The highest BCUT2D eigenvalue weighted by Gasteiger charge is 2.07. The Balaban J connectivity index is 2.15. The minimum Gasteiger partial charge on any atom is -0.399 e. The molecule has 3 N–H and O–H groups in total. The molecule has 0 heterocycles. The molecule has 0 radical (unpaired) electrons. The van der Waals surface area contributed by atoms with Gasteiger partial charge in [-0.15, -0.1) is 0 Å². The van der Waals surface area contributed by atoms with Gasteiger partial charge in [0.15, 0.2) is 0 Å². The zero-order valence-corrected chi connectivity index (χ0v) is 12.3. The van der Waals surface area contributed by atoms with Gasteiger partial charge in [0.25, 0.3) is 0 Å². The number of hydrogen-bond acceptors (Lipinski definition) is 2. The van der Waals surface area contributed by atoms with Crippen molar-refractivity contribution in [1.82, 2.24) is 0 Å². The van der Waals surface area contributed by atoms with E-state index >= 15 is 0 Å². The predicted molar refractivity (Wildman–Crippen MR) is 82.0 cm³/mol. The molecule has 2 aromatic rings. The largest absolute Gasteiger partial charge is 0.399 e. The van der Waals surface area contributed by atoms with Crippen LogP contribution in [0.4, 0.5) is 11.4 Å². The normalized spacial score (nSPS) is 12.2. The minimum atomic E-state index is 0.196. The van der Waals surface area contributed by atoms with Crippen molar-refractivity contribution in [1.29, 1.82) is 0 Å². The number of nitrogen functional groups attached to an aromatic ring is 1. The summed E-state index contributed by atoms with van der Waals surface area (Å²) in [5.74, 6) is 0. The molecule has 94 valence electrons. The van der Waals surface area contributed by atoms with E-state index in [-0.39, 0.29) is 6.04 Å². The van der Waals surface area contributed by atoms with Crippen molar-refractivity contribution in [3.63, 3.8) is 0 Å². The molecule has 0 saturated carbocycles. The van der Waals surface area contributed by atoms with Crippen molar-refractivity contribution in [2.75, 3.05) is 11.1 Å². The first-order chi connectivity index (χ1) is 8.56. The molecule has 2 nitrogen and oxygen atoms in total. The van der Waals surface area contributed by atoms with Crippen LogP contribution >= 0.6 is 27.5 Å². The number of anilines is 2. The van der Waals surface area contributed by atoms with Gasteiger partial charge < -0.3 is 11.1 Å². The van der Waals surface area contributed by atoms with Crippen molar-refractivity contribution < 1.29 is 0 Å². The SMILES string of the molecule is CC(Nc1ccc(N)cc1Br)c1ccc(Cl)cc1. The Morgan fingerprint density at radius 2 is 1.83 bits per heavy atom. The molecule has 0 aliphatic rings. The average Bonchev–Trinajstić information content (AvgIpc) is 2.33. The first-order valence-electron chi connectivity index (χ1n) is 5.63. The van der Waals surface area contributed by atoms with E-state index in [4.69, 9.17) is 17.3 Å². The molecule has 1 unspecified atom stereocenters. The summed E-state index contributed by atoms with van der Waals surface area (Å²) < 4.78 is 0.961. The maximum absolute atomic E-state index is 5.88. The first-order valence-corrected chi connectivity index (χ1v) is 6.80. The van der Waals surface area contributed by atoms with Gasteiger partial charge in [-0.1, -0.05) is 23.7 Å². The number of halogens is 2. The molecule has 0 bridgehead atoms. The molecular formula is C14H14BrClN2. The summed E-state index contributed by atoms with van der Waals surface area (Å²) in [6.45, 7) is 2.10. The van der Waals surface area contributed by atoms with Crippen LogP contribution in [0.5, 0.6) is 0 Å². The van der Waals surface area contributed by atoms with Crippen molar-refractivity contribution in [3.8, 4) is 0 Å². The Bertz CT molecular complexity index is 540. The van der Waals surface area contributed by atoms with Gasteiger partial charge in [0.05, 0.1) is 0 Å². The van der Waals surface area contributed by atoms with E-state index in [1.807, 2.05) is 42.5 Å². The second-order valence-electron chi connectivity index (χ2n) is 4.16. The van der Waals surface area contributed by atoms with Gasteiger partial charge in [-0.25, -0.2) is 0 Å². The third-order valence-corrected chi connectivity index (χ3v) is 3.64. The Kier molecular flexibility index (Phi) is 4.15. The molecular weight excluding hydrogens is 312 g/mol. The molecule has 2 rings (SSSR count). The second-order valence-corrected chi connectivity index (χ2v) is 5.45. The molecule has 18 heavy (non-hydrogen) atoms. The number of hydrogen-bond donors (Lipinski definition) is 2. The lowest BCUT2D eigenvalue weighted by Crippen LogP contribution is -2.07. The van der Waals surface area contributed by atoms with Gasteiger partial charge in [-0.05, 0) is 58.7 Å².